The van der Waals surface area contributed by atoms with Crippen molar-refractivity contribution in [3.63, 3.8) is 0 Å². The Morgan fingerprint density at radius 3 is 2.57 bits per heavy atom. The molecule has 6 heteroatoms. The van der Waals surface area contributed by atoms with Crippen molar-refractivity contribution >= 4 is 18.0 Å². The standard InChI is InChI=1S/C22H17N3O3/c23-14-18(21(26)24-15-16-6-2-1-3-7-16)13-20-10-5-11-25(20)19-9-4-8-17(12-19)22(27)28/h1-13H,15H2,(H,24,26)(H,27,28)/b18-13+. The van der Waals surface area contributed by atoms with Crippen LogP contribution in [-0.2, 0) is 11.3 Å². The Kier molecular flexibility index (Phi) is 5.68. The zero-order valence-corrected chi connectivity index (χ0v) is 14.9. The number of hydrogen-bond acceptors (Lipinski definition) is 3. The molecule has 1 heterocycles. The Hall–Kier alpha value is -4.11. The first kappa shape index (κ1) is 18.7. The number of nitrogens with zero attached hydrogens (tertiary/aromatic N) is 2. The van der Waals surface area contributed by atoms with Gasteiger partial charge in [0.1, 0.15) is 11.6 Å². The van der Waals surface area contributed by atoms with Crippen LogP contribution in [-0.4, -0.2) is 21.6 Å². The van der Waals surface area contributed by atoms with Gasteiger partial charge >= 0.3 is 5.97 Å². The first-order valence-corrected chi connectivity index (χ1v) is 8.53. The number of aromatic carboxylic acids is 1. The van der Waals surface area contributed by atoms with Gasteiger partial charge < -0.3 is 15.0 Å². The molecule has 0 bridgehead atoms. The quantitative estimate of drug-likeness (QED) is 0.513. The Morgan fingerprint density at radius 2 is 1.86 bits per heavy atom. The van der Waals surface area contributed by atoms with E-state index in [1.165, 1.54) is 18.2 Å². The molecule has 0 aliphatic rings. The zero-order chi connectivity index (χ0) is 19.9. The lowest BCUT2D eigenvalue weighted by Crippen LogP contribution is -2.24. The van der Waals surface area contributed by atoms with Crippen molar-refractivity contribution in [1.82, 2.24) is 9.88 Å². The number of benzene rings is 2. The smallest absolute Gasteiger partial charge is 0.335 e. The fourth-order valence-electron chi connectivity index (χ4n) is 2.71. The Balaban J connectivity index is 1.83. The fraction of sp³-hybridized carbons (Fsp3) is 0.0455. The van der Waals surface area contributed by atoms with Crippen LogP contribution in [0.2, 0.25) is 0 Å². The molecule has 2 N–H and O–H groups in total. The monoisotopic (exact) mass is 371 g/mol. The van der Waals surface area contributed by atoms with Crippen LogP contribution < -0.4 is 5.32 Å². The van der Waals surface area contributed by atoms with Gasteiger partial charge in [0.05, 0.1) is 5.56 Å². The summed E-state index contributed by atoms with van der Waals surface area (Å²) in [7, 11) is 0. The molecule has 1 aromatic heterocycles. The summed E-state index contributed by atoms with van der Waals surface area (Å²) < 4.78 is 1.72. The van der Waals surface area contributed by atoms with Crippen molar-refractivity contribution in [3.05, 3.63) is 95.3 Å². The lowest BCUT2D eigenvalue weighted by molar-refractivity contribution is -0.117. The molecule has 0 atom stereocenters. The predicted molar refractivity (Wildman–Crippen MR) is 105 cm³/mol. The van der Waals surface area contributed by atoms with Crippen LogP contribution in [0.1, 0.15) is 21.6 Å². The van der Waals surface area contributed by atoms with Gasteiger partial charge in [-0.25, -0.2) is 4.79 Å². The van der Waals surface area contributed by atoms with Gasteiger partial charge in [0, 0.05) is 24.1 Å². The number of aromatic nitrogens is 1. The SMILES string of the molecule is N#C/C(=C\c1cccn1-c1cccc(C(=O)O)c1)C(=O)NCc1ccccc1. The summed E-state index contributed by atoms with van der Waals surface area (Å²) in [6.45, 7) is 0.320. The van der Waals surface area contributed by atoms with Crippen LogP contribution in [0.15, 0.2) is 78.5 Å². The maximum absolute atomic E-state index is 12.4. The lowest BCUT2D eigenvalue weighted by Gasteiger charge is -2.08. The summed E-state index contributed by atoms with van der Waals surface area (Å²) in [6.07, 6.45) is 3.22. The third-order valence-corrected chi connectivity index (χ3v) is 4.10. The minimum absolute atomic E-state index is 0.0368. The van der Waals surface area contributed by atoms with Crippen molar-refractivity contribution in [1.29, 1.82) is 5.26 Å². The number of rotatable bonds is 6. The van der Waals surface area contributed by atoms with Crippen LogP contribution in [0.5, 0.6) is 0 Å². The third-order valence-electron chi connectivity index (χ3n) is 4.10. The molecule has 0 spiro atoms. The Bertz CT molecular complexity index is 1080. The van der Waals surface area contributed by atoms with E-state index in [9.17, 15) is 14.9 Å². The average Bonchev–Trinajstić information content (AvgIpc) is 3.19. The van der Waals surface area contributed by atoms with Gasteiger partial charge in [0.2, 0.25) is 0 Å². The van der Waals surface area contributed by atoms with Crippen LogP contribution in [0.4, 0.5) is 0 Å². The highest BCUT2D eigenvalue weighted by atomic mass is 16.4. The number of carboxylic acid groups (broad SMARTS) is 1. The molecule has 138 valence electrons. The Labute approximate surface area is 162 Å². The lowest BCUT2D eigenvalue weighted by atomic mass is 10.1. The molecule has 3 aromatic rings. The van der Waals surface area contributed by atoms with Crippen molar-refractivity contribution in [2.24, 2.45) is 0 Å². The largest absolute Gasteiger partial charge is 0.478 e. The highest BCUT2D eigenvalue weighted by molar-refractivity contribution is 6.01. The maximum Gasteiger partial charge on any atom is 0.335 e. The molecule has 0 saturated heterocycles. The van der Waals surface area contributed by atoms with Gasteiger partial charge in [0.15, 0.2) is 0 Å². The van der Waals surface area contributed by atoms with Crippen molar-refractivity contribution in [3.8, 4) is 11.8 Å². The molecule has 0 aliphatic carbocycles. The van der Waals surface area contributed by atoms with E-state index in [-0.39, 0.29) is 11.1 Å². The first-order valence-electron chi connectivity index (χ1n) is 8.53. The van der Waals surface area contributed by atoms with Gasteiger partial charge in [0.25, 0.3) is 5.91 Å². The molecule has 0 aliphatic heterocycles. The van der Waals surface area contributed by atoms with E-state index in [0.29, 0.717) is 17.9 Å². The fourth-order valence-corrected chi connectivity index (χ4v) is 2.71. The molecule has 0 saturated carbocycles. The van der Waals surface area contributed by atoms with Crippen LogP contribution in [0.3, 0.4) is 0 Å². The molecule has 2 aromatic carbocycles. The topological polar surface area (TPSA) is 95.1 Å². The van der Waals surface area contributed by atoms with E-state index in [0.717, 1.165) is 5.56 Å². The van der Waals surface area contributed by atoms with E-state index in [4.69, 9.17) is 5.11 Å². The van der Waals surface area contributed by atoms with E-state index < -0.39 is 11.9 Å². The summed E-state index contributed by atoms with van der Waals surface area (Å²) in [5, 5.41) is 21.3. The molecule has 0 fully saturated rings. The van der Waals surface area contributed by atoms with Gasteiger partial charge in [-0.15, -0.1) is 0 Å². The number of carbonyl (C=O) groups excluding carboxylic acids is 1. The van der Waals surface area contributed by atoms with Crippen molar-refractivity contribution in [2.75, 3.05) is 0 Å². The third kappa shape index (κ3) is 4.34. The van der Waals surface area contributed by atoms with Gasteiger partial charge in [-0.1, -0.05) is 36.4 Å². The van der Waals surface area contributed by atoms with Crippen LogP contribution in [0, 0.1) is 11.3 Å². The molecular formula is C22H17N3O3. The maximum atomic E-state index is 12.4. The Morgan fingerprint density at radius 1 is 1.07 bits per heavy atom. The number of carboxylic acids is 1. The summed E-state index contributed by atoms with van der Waals surface area (Å²) in [5.74, 6) is -1.50. The molecule has 6 nitrogen and oxygen atoms in total. The van der Waals surface area contributed by atoms with Crippen LogP contribution in [0.25, 0.3) is 11.8 Å². The van der Waals surface area contributed by atoms with Crippen molar-refractivity contribution in [2.45, 2.75) is 6.54 Å². The van der Waals surface area contributed by atoms with Gasteiger partial charge in [-0.2, -0.15) is 5.26 Å². The molecular weight excluding hydrogens is 354 g/mol. The summed E-state index contributed by atoms with van der Waals surface area (Å²) in [5.41, 5.74) is 2.27. The summed E-state index contributed by atoms with van der Waals surface area (Å²) >= 11 is 0. The number of carbonyl (C=O) groups is 2. The second kappa shape index (κ2) is 8.52. The molecule has 28 heavy (non-hydrogen) atoms. The number of hydrogen-bond donors (Lipinski definition) is 2. The van der Waals surface area contributed by atoms with E-state index in [2.05, 4.69) is 5.32 Å². The van der Waals surface area contributed by atoms with E-state index in [1.807, 2.05) is 36.4 Å². The van der Waals surface area contributed by atoms with Crippen molar-refractivity contribution < 1.29 is 14.7 Å². The van der Waals surface area contributed by atoms with E-state index >= 15 is 0 Å². The first-order chi connectivity index (χ1) is 13.6. The highest BCUT2D eigenvalue weighted by Crippen LogP contribution is 2.17. The highest BCUT2D eigenvalue weighted by Gasteiger charge is 2.11. The molecule has 3 rings (SSSR count). The number of nitrogens with one attached hydrogen (secondary N) is 1. The normalized spacial score (nSPS) is 10.9. The minimum Gasteiger partial charge on any atom is -0.478 e. The van der Waals surface area contributed by atoms with Gasteiger partial charge in [-0.05, 0) is 42.0 Å². The second-order valence-corrected chi connectivity index (χ2v) is 6.00. The summed E-state index contributed by atoms with van der Waals surface area (Å²) in [4.78, 5) is 23.6. The minimum atomic E-state index is -1.02. The molecule has 0 unspecified atom stereocenters. The number of nitriles is 1. The summed E-state index contributed by atoms with van der Waals surface area (Å²) in [6, 6.07) is 21.3. The zero-order valence-electron chi connectivity index (χ0n) is 14.9. The second-order valence-electron chi connectivity index (χ2n) is 6.00. The van der Waals surface area contributed by atoms with Gasteiger partial charge in [-0.3, -0.25) is 4.79 Å². The average molecular weight is 371 g/mol. The number of amides is 1. The van der Waals surface area contributed by atoms with Crippen LogP contribution >= 0.6 is 0 Å². The molecule has 0 radical (unpaired) electrons. The van der Waals surface area contributed by atoms with E-state index in [1.54, 1.807) is 35.0 Å². The predicted octanol–water partition coefficient (Wildman–Crippen LogP) is 3.40. The molecule has 1 amide bonds.